The topological polar surface area (TPSA) is 49.4 Å². The maximum absolute atomic E-state index is 12.7. The van der Waals surface area contributed by atoms with E-state index < -0.39 is 10.0 Å². The van der Waals surface area contributed by atoms with Crippen molar-refractivity contribution in [2.24, 2.45) is 0 Å². The van der Waals surface area contributed by atoms with Crippen molar-refractivity contribution in [3.8, 4) is 0 Å². The normalized spacial score (nSPS) is 12.0. The number of sulfonamides is 1. The van der Waals surface area contributed by atoms with Gasteiger partial charge < -0.3 is 5.32 Å². The summed E-state index contributed by atoms with van der Waals surface area (Å²) >= 11 is 0. The van der Waals surface area contributed by atoms with Crippen LogP contribution in [-0.2, 0) is 23.0 Å². The molecule has 0 saturated heterocycles. The van der Waals surface area contributed by atoms with Crippen LogP contribution in [0.3, 0.4) is 0 Å². The van der Waals surface area contributed by atoms with Crippen LogP contribution < -0.4 is 5.32 Å². The van der Waals surface area contributed by atoms with E-state index in [9.17, 15) is 8.42 Å². The number of nitrogens with one attached hydrogen (secondary N) is 1. The molecule has 1 N–H and O–H groups in total. The Hall–Kier alpha value is -0.910. The average Bonchev–Trinajstić information content (AvgIpc) is 2.50. The number of hydrogen-bond donors (Lipinski definition) is 1. The molecule has 21 heavy (non-hydrogen) atoms. The van der Waals surface area contributed by atoms with Crippen molar-refractivity contribution in [2.75, 3.05) is 20.1 Å². The van der Waals surface area contributed by atoms with Crippen LogP contribution in [0.2, 0.25) is 0 Å². The Balaban J connectivity index is 3.12. The molecule has 0 fully saturated rings. The number of rotatable bonds is 9. The van der Waals surface area contributed by atoms with Gasteiger partial charge in [0.2, 0.25) is 10.0 Å². The van der Waals surface area contributed by atoms with Crippen LogP contribution in [0.1, 0.15) is 44.7 Å². The molecular weight excluding hydrogens is 284 g/mol. The number of aryl methyl sites for hydroxylation is 1. The fourth-order valence-electron chi connectivity index (χ4n) is 2.18. The molecule has 0 heterocycles. The first-order chi connectivity index (χ1) is 9.97. The van der Waals surface area contributed by atoms with E-state index in [4.69, 9.17) is 0 Å². The molecule has 0 unspecified atom stereocenters. The molecule has 0 aliphatic rings. The van der Waals surface area contributed by atoms with Crippen LogP contribution in [0.5, 0.6) is 0 Å². The van der Waals surface area contributed by atoms with Crippen molar-refractivity contribution < 1.29 is 8.42 Å². The molecular formula is C16H28N2O2S. The Kier molecular flexibility index (Phi) is 7.35. The van der Waals surface area contributed by atoms with E-state index in [1.54, 1.807) is 7.05 Å². The lowest BCUT2D eigenvalue weighted by molar-refractivity contribution is 0.458. The number of unbranched alkanes of at least 4 members (excludes halogenated alkanes) is 1. The third-order valence-corrected chi connectivity index (χ3v) is 5.55. The zero-order valence-electron chi connectivity index (χ0n) is 13.6. The lowest BCUT2D eigenvalue weighted by Crippen LogP contribution is -2.29. The highest BCUT2D eigenvalue weighted by Gasteiger charge is 2.23. The molecule has 1 aromatic carbocycles. The molecule has 0 spiro atoms. The highest BCUT2D eigenvalue weighted by atomic mass is 32.2. The molecule has 120 valence electrons. The average molecular weight is 312 g/mol. The van der Waals surface area contributed by atoms with Crippen LogP contribution in [0.15, 0.2) is 23.1 Å². The van der Waals surface area contributed by atoms with E-state index in [1.807, 2.05) is 32.0 Å². The van der Waals surface area contributed by atoms with Gasteiger partial charge in [0, 0.05) is 20.1 Å². The van der Waals surface area contributed by atoms with Crippen molar-refractivity contribution in [1.82, 2.24) is 9.62 Å². The first-order valence-electron chi connectivity index (χ1n) is 7.76. The smallest absolute Gasteiger partial charge is 0.243 e. The minimum atomic E-state index is -3.40. The van der Waals surface area contributed by atoms with Gasteiger partial charge in [0.1, 0.15) is 0 Å². The predicted octanol–water partition coefficient (Wildman–Crippen LogP) is 2.78. The Morgan fingerprint density at radius 2 is 1.90 bits per heavy atom. The fourth-order valence-corrected chi connectivity index (χ4v) is 3.73. The van der Waals surface area contributed by atoms with Gasteiger partial charge in [-0.1, -0.05) is 39.3 Å². The summed E-state index contributed by atoms with van der Waals surface area (Å²) in [6.07, 6.45) is 2.59. The van der Waals surface area contributed by atoms with E-state index in [1.165, 1.54) is 4.31 Å². The van der Waals surface area contributed by atoms with Crippen LogP contribution >= 0.6 is 0 Å². The Morgan fingerprint density at radius 3 is 2.48 bits per heavy atom. The summed E-state index contributed by atoms with van der Waals surface area (Å²) in [6, 6.07) is 5.76. The van der Waals surface area contributed by atoms with Crippen molar-refractivity contribution in [2.45, 2.75) is 51.5 Å². The van der Waals surface area contributed by atoms with Gasteiger partial charge in [0.15, 0.2) is 0 Å². The SMILES string of the molecule is CCCCN(C)S(=O)(=O)c1cc(CNCC)ccc1CC. The number of benzene rings is 1. The third-order valence-electron chi connectivity index (χ3n) is 3.61. The molecule has 0 saturated carbocycles. The third kappa shape index (κ3) is 4.80. The molecule has 5 heteroatoms. The molecule has 0 bridgehead atoms. The highest BCUT2D eigenvalue weighted by Crippen LogP contribution is 2.22. The second-order valence-corrected chi connectivity index (χ2v) is 7.27. The lowest BCUT2D eigenvalue weighted by atomic mass is 10.1. The predicted molar refractivity (Wildman–Crippen MR) is 87.9 cm³/mol. The van der Waals surface area contributed by atoms with E-state index in [2.05, 4.69) is 12.2 Å². The minimum Gasteiger partial charge on any atom is -0.313 e. The molecule has 0 amide bonds. The van der Waals surface area contributed by atoms with Crippen LogP contribution in [0.4, 0.5) is 0 Å². The fraction of sp³-hybridized carbons (Fsp3) is 0.625. The summed E-state index contributed by atoms with van der Waals surface area (Å²) in [5, 5.41) is 3.24. The quantitative estimate of drug-likeness (QED) is 0.763. The van der Waals surface area contributed by atoms with Crippen LogP contribution in [0.25, 0.3) is 0 Å². The van der Waals surface area contributed by atoms with E-state index in [0.717, 1.165) is 36.9 Å². The summed E-state index contributed by atoms with van der Waals surface area (Å²) in [5.41, 5.74) is 1.90. The van der Waals surface area contributed by atoms with Crippen molar-refractivity contribution in [1.29, 1.82) is 0 Å². The lowest BCUT2D eigenvalue weighted by Gasteiger charge is -2.19. The Bertz CT molecular complexity index is 541. The zero-order valence-corrected chi connectivity index (χ0v) is 14.5. The summed E-state index contributed by atoms with van der Waals surface area (Å²) in [4.78, 5) is 0.457. The zero-order chi connectivity index (χ0) is 15.9. The van der Waals surface area contributed by atoms with Gasteiger partial charge in [-0.05, 0) is 36.6 Å². The number of hydrogen-bond acceptors (Lipinski definition) is 3. The maximum atomic E-state index is 12.7. The number of nitrogens with zero attached hydrogens (tertiary/aromatic N) is 1. The van der Waals surface area contributed by atoms with Gasteiger partial charge >= 0.3 is 0 Å². The largest absolute Gasteiger partial charge is 0.313 e. The molecule has 1 rings (SSSR count). The first-order valence-corrected chi connectivity index (χ1v) is 9.20. The second-order valence-electron chi connectivity index (χ2n) is 5.26. The van der Waals surface area contributed by atoms with E-state index >= 15 is 0 Å². The first kappa shape index (κ1) is 18.1. The van der Waals surface area contributed by atoms with Gasteiger partial charge in [-0.25, -0.2) is 12.7 Å². The maximum Gasteiger partial charge on any atom is 0.243 e. The summed E-state index contributed by atoms with van der Waals surface area (Å²) in [5.74, 6) is 0. The van der Waals surface area contributed by atoms with Gasteiger partial charge in [-0.2, -0.15) is 0 Å². The molecule has 0 atom stereocenters. The van der Waals surface area contributed by atoms with Crippen molar-refractivity contribution in [3.05, 3.63) is 29.3 Å². The van der Waals surface area contributed by atoms with Crippen molar-refractivity contribution in [3.63, 3.8) is 0 Å². The molecule has 0 aliphatic carbocycles. The molecule has 0 aliphatic heterocycles. The van der Waals surface area contributed by atoms with Crippen LogP contribution in [0, 0.1) is 0 Å². The molecule has 4 nitrogen and oxygen atoms in total. The van der Waals surface area contributed by atoms with E-state index in [0.29, 0.717) is 18.0 Å². The molecule has 1 aromatic rings. The Morgan fingerprint density at radius 1 is 1.19 bits per heavy atom. The highest BCUT2D eigenvalue weighted by molar-refractivity contribution is 7.89. The van der Waals surface area contributed by atoms with Crippen molar-refractivity contribution >= 4 is 10.0 Å². The van der Waals surface area contributed by atoms with Gasteiger partial charge in [-0.15, -0.1) is 0 Å². The van der Waals surface area contributed by atoms with Crippen LogP contribution in [-0.4, -0.2) is 32.9 Å². The molecule has 0 radical (unpaired) electrons. The van der Waals surface area contributed by atoms with E-state index in [-0.39, 0.29) is 0 Å². The monoisotopic (exact) mass is 312 g/mol. The Labute approximate surface area is 129 Å². The summed E-state index contributed by atoms with van der Waals surface area (Å²) in [7, 11) is -1.73. The minimum absolute atomic E-state index is 0.457. The molecule has 0 aromatic heterocycles. The summed E-state index contributed by atoms with van der Waals surface area (Å²) in [6.45, 7) is 8.23. The van der Waals surface area contributed by atoms with Gasteiger partial charge in [0.25, 0.3) is 0 Å². The standard InChI is InChI=1S/C16H28N2O2S/c1-5-8-11-18(4)21(19,20)16-12-14(13-17-7-3)9-10-15(16)6-2/h9-10,12,17H,5-8,11,13H2,1-4H3. The van der Waals surface area contributed by atoms with Gasteiger partial charge in [0.05, 0.1) is 4.90 Å². The van der Waals surface area contributed by atoms with Gasteiger partial charge in [-0.3, -0.25) is 0 Å². The summed E-state index contributed by atoms with van der Waals surface area (Å²) < 4.78 is 27.0. The second kappa shape index (κ2) is 8.51.